The molecule has 2 atom stereocenters. The molecule has 2 N–H and O–H groups in total. The van der Waals surface area contributed by atoms with Crippen molar-refractivity contribution >= 4 is 23.2 Å². The number of likely N-dealkylation sites (tertiary alicyclic amines) is 1. The number of nitrogens with one attached hydrogen (secondary N) is 1. The predicted molar refractivity (Wildman–Crippen MR) is 80.9 cm³/mol. The number of benzene rings is 1. The van der Waals surface area contributed by atoms with Crippen molar-refractivity contribution in [3.63, 3.8) is 0 Å². The van der Waals surface area contributed by atoms with E-state index in [0.29, 0.717) is 11.6 Å². The Morgan fingerprint density at radius 3 is 3.10 bits per heavy atom. The fraction of sp³-hybridized carbons (Fsp3) is 0.533. The lowest BCUT2D eigenvalue weighted by atomic mass is 9.93. The van der Waals surface area contributed by atoms with Gasteiger partial charge in [-0.3, -0.25) is 9.69 Å². The molecule has 1 saturated heterocycles. The number of aliphatic hydroxyl groups excluding tert-OH is 1. The van der Waals surface area contributed by atoms with Crippen LogP contribution >= 0.6 is 11.6 Å². The van der Waals surface area contributed by atoms with Crippen LogP contribution in [0.2, 0.25) is 5.02 Å². The fourth-order valence-corrected chi connectivity index (χ4v) is 2.79. The van der Waals surface area contributed by atoms with Gasteiger partial charge in [0.05, 0.1) is 18.3 Å². The summed E-state index contributed by atoms with van der Waals surface area (Å²) in [5.41, 5.74) is 0.0941. The second-order valence-corrected chi connectivity index (χ2v) is 5.99. The molecule has 1 aromatic rings. The molecule has 1 aromatic carbocycles. The molecule has 2 rings (SSSR count). The smallest absolute Gasteiger partial charge is 0.238 e. The standard InChI is InChI=1S/C15H20ClFN2O2/c1-10(20)11-3-2-6-19(8-11)9-15(21)18-14-7-12(16)4-5-13(14)17/h4-5,7,10-11,20H,2-3,6,8-9H2,1H3,(H,18,21). The number of hydrogen-bond donors (Lipinski definition) is 2. The van der Waals surface area contributed by atoms with Crippen molar-refractivity contribution in [1.82, 2.24) is 4.90 Å². The molecule has 6 heteroatoms. The van der Waals surface area contributed by atoms with E-state index in [1.165, 1.54) is 18.2 Å². The van der Waals surface area contributed by atoms with Crippen LogP contribution in [0.15, 0.2) is 18.2 Å². The molecule has 1 fully saturated rings. The van der Waals surface area contributed by atoms with Crippen molar-refractivity contribution in [2.45, 2.75) is 25.9 Å². The van der Waals surface area contributed by atoms with Gasteiger partial charge in [-0.15, -0.1) is 0 Å². The van der Waals surface area contributed by atoms with Crippen molar-refractivity contribution in [2.75, 3.05) is 25.0 Å². The van der Waals surface area contributed by atoms with Gasteiger partial charge in [0.1, 0.15) is 5.82 Å². The molecule has 1 aliphatic heterocycles. The highest BCUT2D eigenvalue weighted by Crippen LogP contribution is 2.21. The summed E-state index contributed by atoms with van der Waals surface area (Å²) in [6.07, 6.45) is 1.55. The van der Waals surface area contributed by atoms with Gasteiger partial charge in [-0.1, -0.05) is 11.6 Å². The van der Waals surface area contributed by atoms with E-state index in [4.69, 9.17) is 11.6 Å². The minimum Gasteiger partial charge on any atom is -0.393 e. The molecule has 0 spiro atoms. The van der Waals surface area contributed by atoms with Crippen LogP contribution in [0.3, 0.4) is 0 Å². The molecule has 0 radical (unpaired) electrons. The largest absolute Gasteiger partial charge is 0.393 e. The zero-order valence-corrected chi connectivity index (χ0v) is 12.7. The van der Waals surface area contributed by atoms with E-state index in [2.05, 4.69) is 5.32 Å². The van der Waals surface area contributed by atoms with Crippen LogP contribution in [-0.2, 0) is 4.79 Å². The third-order valence-electron chi connectivity index (χ3n) is 3.79. The average molecular weight is 315 g/mol. The zero-order valence-electron chi connectivity index (χ0n) is 12.0. The minimum absolute atomic E-state index is 0.0941. The van der Waals surface area contributed by atoms with Crippen LogP contribution in [0.25, 0.3) is 0 Å². The van der Waals surface area contributed by atoms with Crippen LogP contribution in [0.1, 0.15) is 19.8 Å². The maximum atomic E-state index is 13.6. The molecule has 4 nitrogen and oxygen atoms in total. The van der Waals surface area contributed by atoms with Gasteiger partial charge in [0, 0.05) is 11.6 Å². The number of piperidine rings is 1. The third-order valence-corrected chi connectivity index (χ3v) is 4.03. The number of anilines is 1. The Balaban J connectivity index is 1.91. The van der Waals surface area contributed by atoms with Crippen molar-refractivity contribution in [1.29, 1.82) is 0 Å². The first kappa shape index (κ1) is 16.2. The van der Waals surface area contributed by atoms with E-state index >= 15 is 0 Å². The van der Waals surface area contributed by atoms with E-state index in [1.807, 2.05) is 4.90 Å². The molecule has 0 saturated carbocycles. The molecule has 0 aliphatic carbocycles. The minimum atomic E-state index is -0.506. The summed E-state index contributed by atoms with van der Waals surface area (Å²) in [7, 11) is 0. The summed E-state index contributed by atoms with van der Waals surface area (Å²) >= 11 is 5.79. The van der Waals surface area contributed by atoms with Crippen molar-refractivity contribution in [3.8, 4) is 0 Å². The van der Waals surface area contributed by atoms with Gasteiger partial charge in [-0.05, 0) is 50.4 Å². The number of carbonyl (C=O) groups excluding carboxylic acids is 1. The summed E-state index contributed by atoms with van der Waals surface area (Å²) in [5.74, 6) is -0.592. The first-order valence-corrected chi connectivity index (χ1v) is 7.49. The van der Waals surface area contributed by atoms with E-state index in [0.717, 1.165) is 19.4 Å². The highest BCUT2D eigenvalue weighted by atomic mass is 35.5. The molecule has 0 aromatic heterocycles. The van der Waals surface area contributed by atoms with Crippen LogP contribution in [0, 0.1) is 11.7 Å². The van der Waals surface area contributed by atoms with E-state index in [9.17, 15) is 14.3 Å². The third kappa shape index (κ3) is 4.66. The number of carbonyl (C=O) groups is 1. The fourth-order valence-electron chi connectivity index (χ4n) is 2.61. The van der Waals surface area contributed by atoms with Crippen molar-refractivity contribution in [2.24, 2.45) is 5.92 Å². The number of rotatable bonds is 4. The van der Waals surface area contributed by atoms with Crippen molar-refractivity contribution < 1.29 is 14.3 Å². The number of aliphatic hydroxyl groups is 1. The van der Waals surface area contributed by atoms with Gasteiger partial charge in [0.25, 0.3) is 0 Å². The molecule has 1 amide bonds. The molecular weight excluding hydrogens is 295 g/mol. The topological polar surface area (TPSA) is 52.6 Å². The molecule has 1 heterocycles. The highest BCUT2D eigenvalue weighted by molar-refractivity contribution is 6.30. The molecule has 1 aliphatic rings. The quantitative estimate of drug-likeness (QED) is 0.898. The van der Waals surface area contributed by atoms with E-state index in [-0.39, 0.29) is 30.2 Å². The van der Waals surface area contributed by atoms with E-state index < -0.39 is 5.82 Å². The molecule has 21 heavy (non-hydrogen) atoms. The Hall–Kier alpha value is -1.17. The predicted octanol–water partition coefficient (Wildman–Crippen LogP) is 2.51. The number of hydrogen-bond acceptors (Lipinski definition) is 3. The Kier molecular flexibility index (Phi) is 5.56. The van der Waals surface area contributed by atoms with Crippen LogP contribution < -0.4 is 5.32 Å². The summed E-state index contributed by atoms with van der Waals surface area (Å²) in [4.78, 5) is 14.0. The molecular formula is C15H20ClFN2O2. The van der Waals surface area contributed by atoms with Gasteiger partial charge < -0.3 is 10.4 Å². The monoisotopic (exact) mass is 314 g/mol. The Bertz CT molecular complexity index is 510. The summed E-state index contributed by atoms with van der Waals surface area (Å²) in [6, 6.07) is 4.05. The normalized spacial score (nSPS) is 21.0. The summed E-state index contributed by atoms with van der Waals surface area (Å²) in [5, 5.41) is 12.6. The number of nitrogens with zero attached hydrogens (tertiary/aromatic N) is 1. The number of halogens is 2. The molecule has 0 bridgehead atoms. The van der Waals surface area contributed by atoms with E-state index in [1.54, 1.807) is 6.92 Å². The van der Waals surface area contributed by atoms with Gasteiger partial charge in [0.2, 0.25) is 5.91 Å². The maximum absolute atomic E-state index is 13.6. The van der Waals surface area contributed by atoms with Crippen LogP contribution in [-0.4, -0.2) is 41.7 Å². The van der Waals surface area contributed by atoms with Crippen LogP contribution in [0.4, 0.5) is 10.1 Å². The lowest BCUT2D eigenvalue weighted by Crippen LogP contribution is -2.43. The lowest BCUT2D eigenvalue weighted by molar-refractivity contribution is -0.118. The maximum Gasteiger partial charge on any atom is 0.238 e. The lowest BCUT2D eigenvalue weighted by Gasteiger charge is -2.33. The van der Waals surface area contributed by atoms with Gasteiger partial charge in [-0.2, -0.15) is 0 Å². The summed E-state index contributed by atoms with van der Waals surface area (Å²) < 4.78 is 13.6. The SMILES string of the molecule is CC(O)C1CCCN(CC(=O)Nc2cc(Cl)ccc2F)C1. The number of amides is 1. The Morgan fingerprint density at radius 2 is 2.38 bits per heavy atom. The summed E-state index contributed by atoms with van der Waals surface area (Å²) in [6.45, 7) is 3.46. The van der Waals surface area contributed by atoms with Crippen molar-refractivity contribution in [3.05, 3.63) is 29.0 Å². The van der Waals surface area contributed by atoms with Crippen LogP contribution in [0.5, 0.6) is 0 Å². The highest BCUT2D eigenvalue weighted by Gasteiger charge is 2.24. The van der Waals surface area contributed by atoms with Gasteiger partial charge >= 0.3 is 0 Å². The van der Waals surface area contributed by atoms with Gasteiger partial charge in [-0.25, -0.2) is 4.39 Å². The Labute approximate surface area is 128 Å². The first-order chi connectivity index (χ1) is 9.95. The zero-order chi connectivity index (χ0) is 15.4. The second kappa shape index (κ2) is 7.20. The Morgan fingerprint density at radius 1 is 1.62 bits per heavy atom. The van der Waals surface area contributed by atoms with Gasteiger partial charge in [0.15, 0.2) is 0 Å². The molecule has 116 valence electrons. The second-order valence-electron chi connectivity index (χ2n) is 5.55. The first-order valence-electron chi connectivity index (χ1n) is 7.11. The average Bonchev–Trinajstić information content (AvgIpc) is 2.43. The molecule has 2 unspecified atom stereocenters.